The summed E-state index contributed by atoms with van der Waals surface area (Å²) in [5.41, 5.74) is 4.51. The molecule has 0 aliphatic carbocycles. The van der Waals surface area contributed by atoms with Gasteiger partial charge in [0.25, 0.3) is 0 Å². The standard InChI is InChI=1S/C7H14ClNO2/c1-2-3-4-6(8)11-7(10)5-9/h6H,2-5,9H2,1H3. The molecule has 2 N–H and O–H groups in total. The molecule has 0 aromatic rings. The third-order valence-electron chi connectivity index (χ3n) is 1.21. The second-order valence-corrected chi connectivity index (χ2v) is 2.73. The van der Waals surface area contributed by atoms with Gasteiger partial charge in [0, 0.05) is 0 Å². The molecule has 0 rings (SSSR count). The van der Waals surface area contributed by atoms with E-state index in [4.69, 9.17) is 22.1 Å². The number of rotatable bonds is 5. The second kappa shape index (κ2) is 6.43. The van der Waals surface area contributed by atoms with Gasteiger partial charge in [0.2, 0.25) is 0 Å². The van der Waals surface area contributed by atoms with Crippen molar-refractivity contribution in [1.82, 2.24) is 0 Å². The summed E-state index contributed by atoms with van der Waals surface area (Å²) in [6, 6.07) is 0. The van der Waals surface area contributed by atoms with Crippen LogP contribution in [0.1, 0.15) is 26.2 Å². The largest absolute Gasteiger partial charge is 0.445 e. The van der Waals surface area contributed by atoms with Crippen LogP contribution in [-0.4, -0.2) is 18.1 Å². The zero-order chi connectivity index (χ0) is 8.69. The summed E-state index contributed by atoms with van der Waals surface area (Å²) >= 11 is 5.63. The summed E-state index contributed by atoms with van der Waals surface area (Å²) in [6.07, 6.45) is 2.71. The van der Waals surface area contributed by atoms with Crippen LogP contribution in [0, 0.1) is 0 Å². The molecule has 4 heteroatoms. The Hall–Kier alpha value is -0.280. The zero-order valence-electron chi connectivity index (χ0n) is 6.68. The van der Waals surface area contributed by atoms with Gasteiger partial charge in [-0.05, 0) is 12.8 Å². The molecule has 0 spiro atoms. The highest BCUT2D eigenvalue weighted by molar-refractivity contribution is 6.20. The van der Waals surface area contributed by atoms with Crippen molar-refractivity contribution in [2.75, 3.05) is 6.54 Å². The molecule has 0 saturated heterocycles. The summed E-state index contributed by atoms with van der Waals surface area (Å²) in [5.74, 6) is -0.443. The van der Waals surface area contributed by atoms with E-state index < -0.39 is 11.5 Å². The van der Waals surface area contributed by atoms with Crippen LogP contribution in [0.4, 0.5) is 0 Å². The van der Waals surface area contributed by atoms with E-state index >= 15 is 0 Å². The molecule has 0 aromatic carbocycles. The van der Waals surface area contributed by atoms with Gasteiger partial charge in [-0.3, -0.25) is 4.79 Å². The fraction of sp³-hybridized carbons (Fsp3) is 0.857. The van der Waals surface area contributed by atoms with E-state index in [1.165, 1.54) is 0 Å². The lowest BCUT2D eigenvalue weighted by atomic mass is 10.3. The lowest BCUT2D eigenvalue weighted by Gasteiger charge is -2.08. The molecule has 0 heterocycles. The van der Waals surface area contributed by atoms with Gasteiger partial charge < -0.3 is 10.5 Å². The number of nitrogens with two attached hydrogens (primary N) is 1. The van der Waals surface area contributed by atoms with Crippen molar-refractivity contribution in [1.29, 1.82) is 0 Å². The first kappa shape index (κ1) is 10.7. The number of hydrogen-bond acceptors (Lipinski definition) is 3. The Morgan fingerprint density at radius 2 is 2.36 bits per heavy atom. The first-order chi connectivity index (χ1) is 5.20. The minimum absolute atomic E-state index is 0.102. The maximum absolute atomic E-state index is 10.6. The van der Waals surface area contributed by atoms with Crippen molar-refractivity contribution >= 4 is 17.6 Å². The topological polar surface area (TPSA) is 52.3 Å². The van der Waals surface area contributed by atoms with Crippen LogP contribution in [0.3, 0.4) is 0 Å². The number of hydrogen-bond donors (Lipinski definition) is 1. The molecule has 0 radical (unpaired) electrons. The number of carbonyl (C=O) groups is 1. The predicted molar refractivity (Wildman–Crippen MR) is 44.3 cm³/mol. The van der Waals surface area contributed by atoms with Gasteiger partial charge in [0.1, 0.15) is 0 Å². The van der Waals surface area contributed by atoms with Gasteiger partial charge in [-0.2, -0.15) is 0 Å². The van der Waals surface area contributed by atoms with E-state index in [1.807, 2.05) is 6.92 Å². The molecular formula is C7H14ClNO2. The molecule has 0 aliphatic heterocycles. The Bertz CT molecular complexity index is 119. The highest BCUT2D eigenvalue weighted by Gasteiger charge is 2.07. The molecular weight excluding hydrogens is 166 g/mol. The van der Waals surface area contributed by atoms with E-state index in [-0.39, 0.29) is 6.54 Å². The zero-order valence-corrected chi connectivity index (χ0v) is 7.43. The smallest absolute Gasteiger partial charge is 0.321 e. The Morgan fingerprint density at radius 3 is 2.82 bits per heavy atom. The van der Waals surface area contributed by atoms with Gasteiger partial charge in [0.15, 0.2) is 5.56 Å². The van der Waals surface area contributed by atoms with E-state index in [0.29, 0.717) is 6.42 Å². The number of ether oxygens (including phenoxy) is 1. The summed E-state index contributed by atoms with van der Waals surface area (Å²) < 4.78 is 4.70. The average molecular weight is 180 g/mol. The summed E-state index contributed by atoms with van der Waals surface area (Å²) in [5, 5.41) is 0. The van der Waals surface area contributed by atoms with Gasteiger partial charge in [-0.25, -0.2) is 0 Å². The van der Waals surface area contributed by atoms with Crippen LogP contribution in [-0.2, 0) is 9.53 Å². The van der Waals surface area contributed by atoms with Crippen molar-refractivity contribution < 1.29 is 9.53 Å². The Balaban J connectivity index is 3.35. The molecule has 66 valence electrons. The Morgan fingerprint density at radius 1 is 1.73 bits per heavy atom. The second-order valence-electron chi connectivity index (χ2n) is 2.25. The predicted octanol–water partition coefficient (Wildman–Crippen LogP) is 1.24. The molecule has 0 saturated carbocycles. The van der Waals surface area contributed by atoms with Gasteiger partial charge in [-0.15, -0.1) is 0 Å². The van der Waals surface area contributed by atoms with Crippen molar-refractivity contribution in [2.45, 2.75) is 31.7 Å². The highest BCUT2D eigenvalue weighted by atomic mass is 35.5. The highest BCUT2D eigenvalue weighted by Crippen LogP contribution is 2.08. The van der Waals surface area contributed by atoms with Crippen LogP contribution in [0.5, 0.6) is 0 Å². The fourth-order valence-corrected chi connectivity index (χ4v) is 0.868. The summed E-state index contributed by atoms with van der Waals surface area (Å²) in [4.78, 5) is 10.6. The quantitative estimate of drug-likeness (QED) is 0.511. The van der Waals surface area contributed by atoms with Crippen LogP contribution < -0.4 is 5.73 Å². The Labute approximate surface area is 71.8 Å². The third-order valence-corrected chi connectivity index (χ3v) is 1.52. The van der Waals surface area contributed by atoms with Gasteiger partial charge in [0.05, 0.1) is 6.54 Å². The van der Waals surface area contributed by atoms with E-state index in [1.54, 1.807) is 0 Å². The number of alkyl halides is 1. The number of carbonyl (C=O) groups excluding carboxylic acids is 1. The molecule has 11 heavy (non-hydrogen) atoms. The maximum atomic E-state index is 10.6. The van der Waals surface area contributed by atoms with Crippen LogP contribution >= 0.6 is 11.6 Å². The summed E-state index contributed by atoms with van der Waals surface area (Å²) in [7, 11) is 0. The van der Waals surface area contributed by atoms with Crippen LogP contribution in [0.2, 0.25) is 0 Å². The maximum Gasteiger partial charge on any atom is 0.321 e. The summed E-state index contributed by atoms with van der Waals surface area (Å²) in [6.45, 7) is 1.95. The minimum Gasteiger partial charge on any atom is -0.445 e. The van der Waals surface area contributed by atoms with Crippen LogP contribution in [0.25, 0.3) is 0 Å². The Kier molecular flexibility index (Phi) is 6.27. The van der Waals surface area contributed by atoms with Crippen molar-refractivity contribution in [3.63, 3.8) is 0 Å². The van der Waals surface area contributed by atoms with E-state index in [9.17, 15) is 4.79 Å². The number of esters is 1. The number of unbranched alkanes of at least 4 members (excludes halogenated alkanes) is 1. The molecule has 0 aliphatic rings. The molecule has 3 nitrogen and oxygen atoms in total. The van der Waals surface area contributed by atoms with Crippen molar-refractivity contribution in [2.24, 2.45) is 5.73 Å². The molecule has 0 fully saturated rings. The average Bonchev–Trinajstić information content (AvgIpc) is 2.00. The van der Waals surface area contributed by atoms with Crippen molar-refractivity contribution in [3.8, 4) is 0 Å². The van der Waals surface area contributed by atoms with E-state index in [0.717, 1.165) is 12.8 Å². The lowest BCUT2D eigenvalue weighted by Crippen LogP contribution is -2.20. The molecule has 0 amide bonds. The third kappa shape index (κ3) is 6.13. The first-order valence-corrected chi connectivity index (χ1v) is 4.18. The first-order valence-electron chi connectivity index (χ1n) is 3.74. The molecule has 1 atom stereocenters. The molecule has 0 aromatic heterocycles. The monoisotopic (exact) mass is 179 g/mol. The van der Waals surface area contributed by atoms with Crippen molar-refractivity contribution in [3.05, 3.63) is 0 Å². The molecule has 1 unspecified atom stereocenters. The SMILES string of the molecule is CCCCC(Cl)OC(=O)CN. The normalized spacial score (nSPS) is 12.6. The van der Waals surface area contributed by atoms with Crippen LogP contribution in [0.15, 0.2) is 0 Å². The van der Waals surface area contributed by atoms with Gasteiger partial charge in [-0.1, -0.05) is 24.9 Å². The number of halogens is 1. The van der Waals surface area contributed by atoms with E-state index in [2.05, 4.69) is 0 Å². The fourth-order valence-electron chi connectivity index (χ4n) is 0.614. The minimum atomic E-state index is -0.508. The lowest BCUT2D eigenvalue weighted by molar-refractivity contribution is -0.143. The molecule has 0 bridgehead atoms. The van der Waals surface area contributed by atoms with Gasteiger partial charge >= 0.3 is 5.97 Å².